The van der Waals surface area contributed by atoms with E-state index in [0.717, 1.165) is 0 Å². The predicted octanol–water partition coefficient (Wildman–Crippen LogP) is 0.190. The van der Waals surface area contributed by atoms with Gasteiger partial charge in [-0.25, -0.2) is 9.97 Å². The molecule has 0 amide bonds. The van der Waals surface area contributed by atoms with Crippen LogP contribution in [0.4, 0.5) is 0 Å². The van der Waals surface area contributed by atoms with Crippen molar-refractivity contribution in [2.24, 2.45) is 0 Å². The summed E-state index contributed by atoms with van der Waals surface area (Å²) in [5.74, 6) is -0.0174. The Labute approximate surface area is 72.7 Å². The van der Waals surface area contributed by atoms with Crippen molar-refractivity contribution in [1.29, 1.82) is 5.26 Å². The number of pyridine rings is 1. The molecule has 2 heterocycles. The maximum atomic E-state index is 11.3. The summed E-state index contributed by atoms with van der Waals surface area (Å²) in [6.45, 7) is 0. The lowest BCUT2D eigenvalue weighted by Gasteiger charge is -1.93. The van der Waals surface area contributed by atoms with Crippen molar-refractivity contribution < 1.29 is 0 Å². The normalized spacial score (nSPS) is 9.77. The highest BCUT2D eigenvalue weighted by Crippen LogP contribution is 2.00. The molecule has 0 aliphatic rings. The van der Waals surface area contributed by atoms with Gasteiger partial charge in [0.2, 0.25) is 5.82 Å². The van der Waals surface area contributed by atoms with E-state index >= 15 is 0 Å². The number of fused-ring (bicyclic) bond motifs is 1. The van der Waals surface area contributed by atoms with Crippen LogP contribution < -0.4 is 5.56 Å². The summed E-state index contributed by atoms with van der Waals surface area (Å²) in [5, 5.41) is 8.90. The van der Waals surface area contributed by atoms with Crippen LogP contribution in [0.5, 0.6) is 0 Å². The monoisotopic (exact) mass is 172 g/mol. The number of nitrogens with one attached hydrogen (secondary N) is 1. The number of rotatable bonds is 0. The molecule has 5 nitrogen and oxygen atoms in total. The predicted molar refractivity (Wildman–Crippen MR) is 44.9 cm³/mol. The van der Waals surface area contributed by atoms with E-state index in [-0.39, 0.29) is 11.4 Å². The minimum absolute atomic E-state index is 0.0174. The Hall–Kier alpha value is -2.22. The first-order valence-corrected chi connectivity index (χ1v) is 3.56. The molecule has 5 heteroatoms. The van der Waals surface area contributed by atoms with Crippen LogP contribution in [0.3, 0.4) is 0 Å². The largest absolute Gasteiger partial charge is 0.297 e. The second-order valence-corrected chi connectivity index (χ2v) is 2.40. The second-order valence-electron chi connectivity index (χ2n) is 2.40. The third kappa shape index (κ3) is 1.14. The molecule has 0 aliphatic heterocycles. The Morgan fingerprint density at radius 2 is 2.38 bits per heavy atom. The van der Waals surface area contributed by atoms with E-state index in [1.165, 1.54) is 6.20 Å². The zero-order valence-electron chi connectivity index (χ0n) is 6.48. The summed E-state index contributed by atoms with van der Waals surface area (Å²) < 4.78 is 0. The van der Waals surface area contributed by atoms with E-state index in [2.05, 4.69) is 15.0 Å². The van der Waals surface area contributed by atoms with E-state index in [4.69, 9.17) is 5.26 Å². The molecule has 13 heavy (non-hydrogen) atoms. The van der Waals surface area contributed by atoms with E-state index in [1.54, 1.807) is 18.2 Å². The highest BCUT2D eigenvalue weighted by molar-refractivity contribution is 5.72. The molecule has 0 unspecified atom stereocenters. The first-order valence-electron chi connectivity index (χ1n) is 3.56. The third-order valence-electron chi connectivity index (χ3n) is 1.59. The van der Waals surface area contributed by atoms with E-state index in [9.17, 15) is 4.79 Å². The lowest BCUT2D eigenvalue weighted by Crippen LogP contribution is -2.10. The Morgan fingerprint density at radius 1 is 1.54 bits per heavy atom. The van der Waals surface area contributed by atoms with Crippen molar-refractivity contribution in [2.75, 3.05) is 0 Å². The average Bonchev–Trinajstić information content (AvgIpc) is 2.18. The summed E-state index contributed by atoms with van der Waals surface area (Å²) in [5.41, 5.74) is -0.0440. The SMILES string of the molecule is N#Cc1nc2ncccc2c(=O)[nH]1. The molecule has 0 atom stereocenters. The first-order chi connectivity index (χ1) is 6.31. The molecule has 0 radical (unpaired) electrons. The Bertz CT molecular complexity index is 552. The average molecular weight is 172 g/mol. The standard InChI is InChI=1S/C8H4N4O/c9-4-6-11-7-5(8(13)12-6)2-1-3-10-7/h1-3H,(H,10,11,12,13). The topological polar surface area (TPSA) is 82.4 Å². The highest BCUT2D eigenvalue weighted by Gasteiger charge is 2.01. The van der Waals surface area contributed by atoms with Gasteiger partial charge in [-0.05, 0) is 12.1 Å². The molecule has 0 fully saturated rings. The molecule has 2 aromatic heterocycles. The van der Waals surface area contributed by atoms with E-state index in [0.29, 0.717) is 11.0 Å². The number of H-pyrrole nitrogens is 1. The fourth-order valence-electron chi connectivity index (χ4n) is 1.02. The van der Waals surface area contributed by atoms with Gasteiger partial charge in [0.1, 0.15) is 6.07 Å². The molecule has 0 bridgehead atoms. The van der Waals surface area contributed by atoms with Crippen LogP contribution in [-0.4, -0.2) is 15.0 Å². The third-order valence-corrected chi connectivity index (χ3v) is 1.59. The molecule has 2 aromatic rings. The van der Waals surface area contributed by atoms with Crippen molar-refractivity contribution in [3.63, 3.8) is 0 Å². The molecule has 0 spiro atoms. The Kier molecular flexibility index (Phi) is 1.53. The van der Waals surface area contributed by atoms with Crippen molar-refractivity contribution in [2.45, 2.75) is 0 Å². The number of aromatic amines is 1. The molecule has 0 saturated carbocycles. The van der Waals surface area contributed by atoms with Gasteiger partial charge in [-0.3, -0.25) is 9.78 Å². The van der Waals surface area contributed by atoms with Crippen LogP contribution in [0.15, 0.2) is 23.1 Å². The van der Waals surface area contributed by atoms with E-state index < -0.39 is 0 Å². The molecule has 0 aromatic carbocycles. The van der Waals surface area contributed by atoms with Gasteiger partial charge in [0.05, 0.1) is 5.39 Å². The minimum Gasteiger partial charge on any atom is -0.297 e. The first kappa shape index (κ1) is 7.43. The van der Waals surface area contributed by atoms with Gasteiger partial charge in [-0.2, -0.15) is 5.26 Å². The zero-order valence-corrected chi connectivity index (χ0v) is 6.48. The van der Waals surface area contributed by atoms with Crippen LogP contribution in [-0.2, 0) is 0 Å². The fourth-order valence-corrected chi connectivity index (χ4v) is 1.02. The number of hydrogen-bond donors (Lipinski definition) is 1. The molecule has 0 saturated heterocycles. The molecule has 62 valence electrons. The van der Waals surface area contributed by atoms with Crippen molar-refractivity contribution in [3.05, 3.63) is 34.5 Å². The second kappa shape index (κ2) is 2.68. The fraction of sp³-hybridized carbons (Fsp3) is 0. The number of nitrogens with zero attached hydrogens (tertiary/aromatic N) is 3. The molecule has 2 rings (SSSR count). The van der Waals surface area contributed by atoms with Crippen molar-refractivity contribution in [3.8, 4) is 6.07 Å². The Balaban J connectivity index is 2.95. The van der Waals surface area contributed by atoms with Gasteiger partial charge in [0.15, 0.2) is 5.65 Å². The smallest absolute Gasteiger partial charge is 0.261 e. The zero-order chi connectivity index (χ0) is 9.26. The summed E-state index contributed by atoms with van der Waals surface area (Å²) in [7, 11) is 0. The van der Waals surface area contributed by atoms with Gasteiger partial charge in [-0.1, -0.05) is 0 Å². The molecule has 0 aliphatic carbocycles. The van der Waals surface area contributed by atoms with Crippen molar-refractivity contribution in [1.82, 2.24) is 15.0 Å². The molecular formula is C8H4N4O. The summed E-state index contributed by atoms with van der Waals surface area (Å²) in [6, 6.07) is 5.00. The lowest BCUT2D eigenvalue weighted by molar-refractivity contribution is 1.10. The van der Waals surface area contributed by atoms with Crippen LogP contribution in [0.25, 0.3) is 11.0 Å². The lowest BCUT2D eigenvalue weighted by atomic mass is 10.3. The quantitative estimate of drug-likeness (QED) is 0.614. The van der Waals surface area contributed by atoms with Crippen LogP contribution in [0.1, 0.15) is 5.82 Å². The minimum atomic E-state index is -0.338. The van der Waals surface area contributed by atoms with Gasteiger partial charge < -0.3 is 0 Å². The van der Waals surface area contributed by atoms with Gasteiger partial charge in [0.25, 0.3) is 5.56 Å². The maximum absolute atomic E-state index is 11.3. The summed E-state index contributed by atoms with van der Waals surface area (Å²) in [6.07, 6.45) is 1.52. The van der Waals surface area contributed by atoms with Crippen LogP contribution in [0, 0.1) is 11.3 Å². The van der Waals surface area contributed by atoms with Gasteiger partial charge in [-0.15, -0.1) is 0 Å². The molecular weight excluding hydrogens is 168 g/mol. The van der Waals surface area contributed by atoms with Gasteiger partial charge >= 0.3 is 0 Å². The maximum Gasteiger partial charge on any atom is 0.261 e. The number of nitriles is 1. The van der Waals surface area contributed by atoms with Gasteiger partial charge in [0, 0.05) is 6.20 Å². The van der Waals surface area contributed by atoms with Crippen molar-refractivity contribution >= 4 is 11.0 Å². The van der Waals surface area contributed by atoms with Crippen LogP contribution >= 0.6 is 0 Å². The van der Waals surface area contributed by atoms with Crippen LogP contribution in [0.2, 0.25) is 0 Å². The van der Waals surface area contributed by atoms with E-state index in [1.807, 2.05) is 0 Å². The highest BCUT2D eigenvalue weighted by atomic mass is 16.1. The molecule has 1 N–H and O–H groups in total. The number of hydrogen-bond acceptors (Lipinski definition) is 4. The summed E-state index contributed by atoms with van der Waals surface area (Å²) >= 11 is 0. The summed E-state index contributed by atoms with van der Waals surface area (Å²) in [4.78, 5) is 21.3. The number of aromatic nitrogens is 3. The Morgan fingerprint density at radius 3 is 3.15 bits per heavy atom.